The van der Waals surface area contributed by atoms with Gasteiger partial charge in [0, 0.05) is 4.47 Å². The van der Waals surface area contributed by atoms with Crippen LogP contribution in [0, 0.1) is 19.7 Å². The minimum atomic E-state index is -0.688. The molecule has 0 bridgehead atoms. The van der Waals surface area contributed by atoms with Crippen LogP contribution in [0.1, 0.15) is 28.4 Å². The minimum Gasteiger partial charge on any atom is -0.321 e. The standard InChI is InChI=1S/C11H13BrFNO/c1-5-4-8(12)6(2)9(10(5)13)11(15)7(3)14/h4,7H,14H2,1-3H3. The average Bonchev–Trinajstić information content (AvgIpc) is 2.15. The maximum atomic E-state index is 13.8. The number of benzene rings is 1. The second-order valence-electron chi connectivity index (χ2n) is 3.64. The number of rotatable bonds is 2. The van der Waals surface area contributed by atoms with Crippen LogP contribution in [0.25, 0.3) is 0 Å². The molecule has 0 heterocycles. The third kappa shape index (κ3) is 2.26. The zero-order valence-corrected chi connectivity index (χ0v) is 10.5. The Balaban J connectivity index is 3.46. The van der Waals surface area contributed by atoms with E-state index < -0.39 is 11.9 Å². The highest BCUT2D eigenvalue weighted by Gasteiger charge is 2.21. The lowest BCUT2D eigenvalue weighted by atomic mass is 9.98. The lowest BCUT2D eigenvalue weighted by Gasteiger charge is -2.12. The lowest BCUT2D eigenvalue weighted by Crippen LogP contribution is -2.28. The second kappa shape index (κ2) is 4.41. The molecular formula is C11H13BrFNO. The number of aryl methyl sites for hydroxylation is 1. The normalized spacial score (nSPS) is 12.7. The molecule has 0 aromatic heterocycles. The highest BCUT2D eigenvalue weighted by atomic mass is 79.9. The zero-order chi connectivity index (χ0) is 11.7. The van der Waals surface area contributed by atoms with E-state index in [2.05, 4.69) is 15.9 Å². The topological polar surface area (TPSA) is 43.1 Å². The summed E-state index contributed by atoms with van der Waals surface area (Å²) in [4.78, 5) is 11.7. The van der Waals surface area contributed by atoms with Crippen LogP contribution < -0.4 is 5.73 Å². The van der Waals surface area contributed by atoms with Crippen LogP contribution in [0.3, 0.4) is 0 Å². The quantitative estimate of drug-likeness (QED) is 0.843. The van der Waals surface area contributed by atoms with E-state index in [-0.39, 0.29) is 11.3 Å². The second-order valence-corrected chi connectivity index (χ2v) is 4.50. The first-order valence-electron chi connectivity index (χ1n) is 4.61. The summed E-state index contributed by atoms with van der Waals surface area (Å²) >= 11 is 3.29. The lowest BCUT2D eigenvalue weighted by molar-refractivity contribution is 0.0963. The van der Waals surface area contributed by atoms with Gasteiger partial charge in [0.25, 0.3) is 0 Å². The van der Waals surface area contributed by atoms with Gasteiger partial charge in [0.15, 0.2) is 5.78 Å². The third-order valence-corrected chi connectivity index (χ3v) is 3.13. The van der Waals surface area contributed by atoms with Gasteiger partial charge in [-0.1, -0.05) is 15.9 Å². The van der Waals surface area contributed by atoms with Crippen molar-refractivity contribution in [2.45, 2.75) is 26.8 Å². The summed E-state index contributed by atoms with van der Waals surface area (Å²) in [7, 11) is 0. The summed E-state index contributed by atoms with van der Waals surface area (Å²) in [5.41, 5.74) is 6.61. The van der Waals surface area contributed by atoms with Crippen molar-refractivity contribution in [2.24, 2.45) is 5.73 Å². The number of Topliss-reactive ketones (excluding diaryl/α,β-unsaturated/α-hetero) is 1. The van der Waals surface area contributed by atoms with Crippen LogP contribution in [0.15, 0.2) is 10.5 Å². The van der Waals surface area contributed by atoms with Gasteiger partial charge in [-0.2, -0.15) is 0 Å². The Labute approximate surface area is 96.8 Å². The van der Waals surface area contributed by atoms with Gasteiger partial charge in [-0.25, -0.2) is 4.39 Å². The van der Waals surface area contributed by atoms with E-state index in [0.717, 1.165) is 4.47 Å². The van der Waals surface area contributed by atoms with E-state index in [0.29, 0.717) is 11.1 Å². The van der Waals surface area contributed by atoms with Gasteiger partial charge in [-0.05, 0) is 38.0 Å². The highest BCUT2D eigenvalue weighted by molar-refractivity contribution is 9.10. The Morgan fingerprint density at radius 1 is 1.53 bits per heavy atom. The SMILES string of the molecule is Cc1cc(Br)c(C)c(C(=O)C(C)N)c1F. The number of halogens is 2. The molecule has 2 nitrogen and oxygen atoms in total. The first-order chi connectivity index (χ1) is 6.86. The molecule has 4 heteroatoms. The van der Waals surface area contributed by atoms with Crippen molar-refractivity contribution in [3.05, 3.63) is 33.0 Å². The van der Waals surface area contributed by atoms with Crippen LogP contribution in [-0.2, 0) is 0 Å². The monoisotopic (exact) mass is 273 g/mol. The minimum absolute atomic E-state index is 0.0943. The van der Waals surface area contributed by atoms with E-state index in [1.165, 1.54) is 0 Å². The van der Waals surface area contributed by atoms with Crippen LogP contribution >= 0.6 is 15.9 Å². The van der Waals surface area contributed by atoms with Crippen LogP contribution in [0.2, 0.25) is 0 Å². The number of carbonyl (C=O) groups is 1. The highest BCUT2D eigenvalue weighted by Crippen LogP contribution is 2.26. The molecule has 1 atom stereocenters. The Morgan fingerprint density at radius 2 is 2.07 bits per heavy atom. The molecule has 0 saturated heterocycles. The molecule has 1 aromatic carbocycles. The summed E-state index contributed by atoms with van der Waals surface area (Å²) in [6.07, 6.45) is 0. The largest absolute Gasteiger partial charge is 0.321 e. The first-order valence-corrected chi connectivity index (χ1v) is 5.40. The third-order valence-electron chi connectivity index (χ3n) is 2.30. The summed E-state index contributed by atoms with van der Waals surface area (Å²) in [5.74, 6) is -0.840. The molecule has 2 N–H and O–H groups in total. The van der Waals surface area contributed by atoms with Gasteiger partial charge in [0.05, 0.1) is 11.6 Å². The Morgan fingerprint density at radius 3 is 2.53 bits per heavy atom. The van der Waals surface area contributed by atoms with Crippen LogP contribution in [0.4, 0.5) is 4.39 Å². The molecule has 0 radical (unpaired) electrons. The van der Waals surface area contributed by atoms with E-state index in [1.807, 2.05) is 0 Å². The van der Waals surface area contributed by atoms with Gasteiger partial charge in [-0.3, -0.25) is 4.79 Å². The van der Waals surface area contributed by atoms with Gasteiger partial charge in [0.1, 0.15) is 5.82 Å². The first kappa shape index (κ1) is 12.3. The fraction of sp³-hybridized carbons (Fsp3) is 0.364. The van der Waals surface area contributed by atoms with Crippen molar-refractivity contribution in [3.8, 4) is 0 Å². The summed E-state index contributed by atoms with van der Waals surface area (Å²) < 4.78 is 14.5. The smallest absolute Gasteiger partial charge is 0.182 e. The number of carbonyl (C=O) groups excluding carboxylic acids is 1. The molecule has 0 amide bonds. The number of nitrogens with two attached hydrogens (primary N) is 1. The van der Waals surface area contributed by atoms with Crippen molar-refractivity contribution in [3.63, 3.8) is 0 Å². The molecule has 0 aliphatic heterocycles. The fourth-order valence-corrected chi connectivity index (χ4v) is 1.91. The van der Waals surface area contributed by atoms with Crippen molar-refractivity contribution in [1.29, 1.82) is 0 Å². The number of ketones is 1. The molecule has 0 aliphatic carbocycles. The van der Waals surface area contributed by atoms with E-state index in [4.69, 9.17) is 5.73 Å². The predicted octanol–water partition coefficient (Wildman–Crippen LogP) is 2.73. The molecule has 1 rings (SSSR count). The van der Waals surface area contributed by atoms with E-state index >= 15 is 0 Å². The van der Waals surface area contributed by atoms with Crippen molar-refractivity contribution in [1.82, 2.24) is 0 Å². The van der Waals surface area contributed by atoms with Crippen molar-refractivity contribution >= 4 is 21.7 Å². The Bertz CT molecular complexity index is 389. The molecule has 15 heavy (non-hydrogen) atoms. The molecule has 0 fully saturated rings. The molecule has 0 aliphatic rings. The molecular weight excluding hydrogens is 261 g/mol. The van der Waals surface area contributed by atoms with E-state index in [9.17, 15) is 9.18 Å². The maximum Gasteiger partial charge on any atom is 0.182 e. The van der Waals surface area contributed by atoms with Crippen LogP contribution in [-0.4, -0.2) is 11.8 Å². The molecule has 0 saturated carbocycles. The Hall–Kier alpha value is -0.740. The summed E-state index contributed by atoms with van der Waals surface area (Å²) in [6, 6.07) is 0.967. The van der Waals surface area contributed by atoms with E-state index in [1.54, 1.807) is 26.8 Å². The Kier molecular flexibility index (Phi) is 3.62. The van der Waals surface area contributed by atoms with Gasteiger partial charge < -0.3 is 5.73 Å². The average molecular weight is 274 g/mol. The maximum absolute atomic E-state index is 13.8. The van der Waals surface area contributed by atoms with Gasteiger partial charge in [-0.15, -0.1) is 0 Å². The predicted molar refractivity (Wildman–Crippen MR) is 61.6 cm³/mol. The molecule has 1 unspecified atom stereocenters. The number of hydrogen-bond donors (Lipinski definition) is 1. The summed E-state index contributed by atoms with van der Waals surface area (Å²) in [5, 5.41) is 0. The van der Waals surface area contributed by atoms with Crippen LogP contribution in [0.5, 0.6) is 0 Å². The molecule has 82 valence electrons. The molecule has 1 aromatic rings. The molecule has 0 spiro atoms. The van der Waals surface area contributed by atoms with Crippen molar-refractivity contribution < 1.29 is 9.18 Å². The van der Waals surface area contributed by atoms with Gasteiger partial charge in [0.2, 0.25) is 0 Å². The zero-order valence-electron chi connectivity index (χ0n) is 8.90. The van der Waals surface area contributed by atoms with Crippen molar-refractivity contribution in [2.75, 3.05) is 0 Å². The summed E-state index contributed by atoms with van der Waals surface area (Å²) in [6.45, 7) is 4.87. The van der Waals surface area contributed by atoms with Gasteiger partial charge >= 0.3 is 0 Å². The number of hydrogen-bond acceptors (Lipinski definition) is 2. The fourth-order valence-electron chi connectivity index (χ4n) is 1.36.